The fourth-order valence-electron chi connectivity index (χ4n) is 2.41. The molecule has 1 atom stereocenters. The number of nitrogens with zero attached hydrogens (tertiary/aromatic N) is 1. The van der Waals surface area contributed by atoms with Crippen molar-refractivity contribution in [3.63, 3.8) is 0 Å². The van der Waals surface area contributed by atoms with Gasteiger partial charge in [0.05, 0.1) is 24.3 Å². The molecule has 2 aromatic rings. The van der Waals surface area contributed by atoms with Crippen molar-refractivity contribution in [1.29, 1.82) is 0 Å². The van der Waals surface area contributed by atoms with Crippen molar-refractivity contribution < 1.29 is 27.9 Å². The molecule has 150 valence electrons. The molecule has 0 bridgehead atoms. The highest BCUT2D eigenvalue weighted by molar-refractivity contribution is 7.92. The molecule has 1 amide bonds. The van der Waals surface area contributed by atoms with Crippen LogP contribution in [0.15, 0.2) is 53.4 Å². The number of aryl methyl sites for hydroxylation is 1. The van der Waals surface area contributed by atoms with Crippen molar-refractivity contribution in [1.82, 2.24) is 5.32 Å². The van der Waals surface area contributed by atoms with Crippen LogP contribution in [-0.2, 0) is 19.6 Å². The molecule has 0 aliphatic rings. The van der Waals surface area contributed by atoms with Crippen LogP contribution >= 0.6 is 0 Å². The largest absolute Gasteiger partial charge is 0.467 e. The maximum Gasteiger partial charge on any atom is 0.330 e. The highest BCUT2D eigenvalue weighted by atomic mass is 32.2. The Morgan fingerprint density at radius 3 is 2.39 bits per heavy atom. The number of ether oxygens (including phenoxy) is 1. The van der Waals surface area contributed by atoms with Gasteiger partial charge in [0.1, 0.15) is 0 Å². The summed E-state index contributed by atoms with van der Waals surface area (Å²) in [6, 6.07) is 11.1. The van der Waals surface area contributed by atoms with E-state index >= 15 is 0 Å². The molecular formula is C19H22N2O6S. The van der Waals surface area contributed by atoms with Crippen LogP contribution in [0.25, 0.3) is 0 Å². The molecule has 0 aliphatic carbocycles. The average molecular weight is 406 g/mol. The summed E-state index contributed by atoms with van der Waals surface area (Å²) in [6.07, 6.45) is 0. The Hall–Kier alpha value is -2.91. The molecule has 0 aliphatic heterocycles. The van der Waals surface area contributed by atoms with Gasteiger partial charge in [0, 0.05) is 12.6 Å². The number of aliphatic hydroxyl groups excluding tert-OH is 1. The maximum atomic E-state index is 12.9. The highest BCUT2D eigenvalue weighted by Crippen LogP contribution is 2.23. The van der Waals surface area contributed by atoms with Gasteiger partial charge in [-0.2, -0.15) is 0 Å². The van der Waals surface area contributed by atoms with Crippen molar-refractivity contribution >= 4 is 27.6 Å². The van der Waals surface area contributed by atoms with E-state index in [1.807, 2.05) is 6.92 Å². The quantitative estimate of drug-likeness (QED) is 0.666. The van der Waals surface area contributed by atoms with Crippen molar-refractivity contribution in [2.75, 3.05) is 25.1 Å². The third-order valence-electron chi connectivity index (χ3n) is 4.13. The summed E-state index contributed by atoms with van der Waals surface area (Å²) in [5.41, 5.74) is 1.50. The van der Waals surface area contributed by atoms with Gasteiger partial charge in [0.15, 0.2) is 6.04 Å². The minimum Gasteiger partial charge on any atom is -0.467 e. The minimum absolute atomic E-state index is 0.0285. The van der Waals surface area contributed by atoms with E-state index in [4.69, 9.17) is 0 Å². The molecule has 0 saturated heterocycles. The SMILES string of the molecule is COC(=O)[C@@H](CO)NC(=O)c1cccc(S(=O)(=O)N(C)c2ccc(C)cc2)c1. The Kier molecular flexibility index (Phi) is 6.76. The lowest BCUT2D eigenvalue weighted by Gasteiger charge is -2.20. The van der Waals surface area contributed by atoms with Gasteiger partial charge in [0.2, 0.25) is 0 Å². The Labute approximate surface area is 163 Å². The monoisotopic (exact) mass is 406 g/mol. The van der Waals surface area contributed by atoms with Crippen LogP contribution in [0.4, 0.5) is 5.69 Å². The molecule has 8 nitrogen and oxygen atoms in total. The van der Waals surface area contributed by atoms with Crippen LogP contribution in [0.3, 0.4) is 0 Å². The van der Waals surface area contributed by atoms with Gasteiger partial charge in [0.25, 0.3) is 15.9 Å². The van der Waals surface area contributed by atoms with Crippen molar-refractivity contribution in [3.05, 3.63) is 59.7 Å². The Balaban J connectivity index is 2.29. The second-order valence-corrected chi connectivity index (χ2v) is 8.04. The summed E-state index contributed by atoms with van der Waals surface area (Å²) in [6.45, 7) is 1.25. The summed E-state index contributed by atoms with van der Waals surface area (Å²) in [4.78, 5) is 23.8. The van der Waals surface area contributed by atoms with Crippen molar-refractivity contribution in [3.8, 4) is 0 Å². The van der Waals surface area contributed by atoms with Gasteiger partial charge >= 0.3 is 5.97 Å². The minimum atomic E-state index is -3.90. The normalized spacial score (nSPS) is 12.1. The first kappa shape index (κ1) is 21.4. The third-order valence-corrected chi connectivity index (χ3v) is 5.91. The van der Waals surface area contributed by atoms with E-state index in [-0.39, 0.29) is 10.5 Å². The number of rotatable bonds is 7. The zero-order valence-corrected chi connectivity index (χ0v) is 16.6. The van der Waals surface area contributed by atoms with Gasteiger partial charge in [-0.25, -0.2) is 13.2 Å². The third kappa shape index (κ3) is 4.68. The van der Waals surface area contributed by atoms with Gasteiger partial charge in [-0.1, -0.05) is 23.8 Å². The Morgan fingerprint density at radius 1 is 1.18 bits per heavy atom. The molecule has 2 aromatic carbocycles. The second kappa shape index (κ2) is 8.85. The maximum absolute atomic E-state index is 12.9. The Morgan fingerprint density at radius 2 is 1.82 bits per heavy atom. The number of carbonyl (C=O) groups excluding carboxylic acids is 2. The first-order valence-electron chi connectivity index (χ1n) is 8.36. The standard InChI is InChI=1S/C19H22N2O6S/c1-13-7-9-15(10-8-13)21(2)28(25,26)16-6-4-5-14(11-16)18(23)20-17(12-22)19(24)27-3/h4-11,17,22H,12H2,1-3H3,(H,20,23)/t17-/m1/s1. The molecule has 0 unspecified atom stereocenters. The molecule has 0 aromatic heterocycles. The molecule has 0 fully saturated rings. The second-order valence-electron chi connectivity index (χ2n) is 6.07. The number of carbonyl (C=O) groups is 2. The molecule has 0 heterocycles. The number of hydrogen-bond acceptors (Lipinski definition) is 6. The van der Waals surface area contributed by atoms with Gasteiger partial charge in [-0.15, -0.1) is 0 Å². The van der Waals surface area contributed by atoms with Crippen molar-refractivity contribution in [2.24, 2.45) is 0 Å². The summed E-state index contributed by atoms with van der Waals surface area (Å²) in [5.74, 6) is -1.52. The van der Waals surface area contributed by atoms with E-state index < -0.39 is 34.5 Å². The number of hydrogen-bond donors (Lipinski definition) is 2. The van der Waals surface area contributed by atoms with Crippen LogP contribution < -0.4 is 9.62 Å². The predicted molar refractivity (Wildman–Crippen MR) is 104 cm³/mol. The van der Waals surface area contributed by atoms with Crippen LogP contribution in [0.2, 0.25) is 0 Å². The van der Waals surface area contributed by atoms with Crippen molar-refractivity contribution in [2.45, 2.75) is 17.9 Å². The molecule has 2 N–H and O–H groups in total. The predicted octanol–water partition coefficient (Wildman–Crippen LogP) is 1.08. The van der Waals surface area contributed by atoms with E-state index in [0.717, 1.165) is 17.0 Å². The summed E-state index contributed by atoms with van der Waals surface area (Å²) < 4.78 is 31.4. The van der Waals surface area contributed by atoms with Crippen LogP contribution in [-0.4, -0.2) is 52.2 Å². The fraction of sp³-hybridized carbons (Fsp3) is 0.263. The summed E-state index contributed by atoms with van der Waals surface area (Å²) >= 11 is 0. The van der Waals surface area contributed by atoms with E-state index in [1.165, 1.54) is 31.3 Å². The molecule has 0 spiro atoms. The molecule has 0 saturated carbocycles. The number of aliphatic hydroxyl groups is 1. The van der Waals surface area contributed by atoms with E-state index in [9.17, 15) is 23.1 Å². The van der Waals surface area contributed by atoms with Gasteiger partial charge in [-0.3, -0.25) is 9.10 Å². The number of nitrogens with one attached hydrogen (secondary N) is 1. The fourth-order valence-corrected chi connectivity index (χ4v) is 3.65. The lowest BCUT2D eigenvalue weighted by molar-refractivity contribution is -0.143. The van der Waals surface area contributed by atoms with Crippen LogP contribution in [0.5, 0.6) is 0 Å². The Bertz CT molecular complexity index is 957. The average Bonchev–Trinajstić information content (AvgIpc) is 2.71. The number of anilines is 1. The number of benzene rings is 2. The number of methoxy groups -OCH3 is 1. The highest BCUT2D eigenvalue weighted by Gasteiger charge is 2.24. The lowest BCUT2D eigenvalue weighted by Crippen LogP contribution is -2.44. The summed E-state index contributed by atoms with van der Waals surface area (Å²) in [7, 11) is -1.35. The first-order valence-corrected chi connectivity index (χ1v) is 9.80. The first-order chi connectivity index (χ1) is 13.2. The number of esters is 1. The molecule has 2 rings (SSSR count). The van der Waals surface area contributed by atoms with Gasteiger partial charge < -0.3 is 15.2 Å². The zero-order chi connectivity index (χ0) is 20.9. The lowest BCUT2D eigenvalue weighted by atomic mass is 10.2. The smallest absolute Gasteiger partial charge is 0.330 e. The van der Waals surface area contributed by atoms with E-state index in [1.54, 1.807) is 24.3 Å². The summed E-state index contributed by atoms with van der Waals surface area (Å²) in [5, 5.41) is 11.5. The zero-order valence-electron chi connectivity index (χ0n) is 15.7. The van der Waals surface area contributed by atoms with Crippen LogP contribution in [0.1, 0.15) is 15.9 Å². The molecular weight excluding hydrogens is 384 g/mol. The van der Waals surface area contributed by atoms with E-state index in [0.29, 0.717) is 5.69 Å². The molecule has 28 heavy (non-hydrogen) atoms. The topological polar surface area (TPSA) is 113 Å². The molecule has 0 radical (unpaired) electrons. The number of sulfonamides is 1. The van der Waals surface area contributed by atoms with Gasteiger partial charge in [-0.05, 0) is 37.3 Å². The van der Waals surface area contributed by atoms with Crippen LogP contribution in [0, 0.1) is 6.92 Å². The molecule has 9 heteroatoms. The van der Waals surface area contributed by atoms with E-state index in [2.05, 4.69) is 10.1 Å². The number of amides is 1.